The fourth-order valence-corrected chi connectivity index (χ4v) is 4.23. The summed E-state index contributed by atoms with van der Waals surface area (Å²) < 4.78 is 2.14. The second-order valence-electron chi connectivity index (χ2n) is 7.43. The lowest BCUT2D eigenvalue weighted by Crippen LogP contribution is -2.32. The van der Waals surface area contributed by atoms with E-state index in [0.29, 0.717) is 6.54 Å². The average molecular weight is 431 g/mol. The van der Waals surface area contributed by atoms with Crippen molar-refractivity contribution in [2.45, 2.75) is 19.0 Å². The van der Waals surface area contributed by atoms with Crippen LogP contribution in [0.25, 0.3) is 21.5 Å². The molecule has 0 radical (unpaired) electrons. The largest absolute Gasteiger partial charge is 0.359 e. The Kier molecular flexibility index (Phi) is 5.42. The van der Waals surface area contributed by atoms with Crippen molar-refractivity contribution in [2.75, 3.05) is 11.9 Å². The number of hydrogen-bond acceptors (Lipinski definition) is 7. The third kappa shape index (κ3) is 4.47. The first-order chi connectivity index (χ1) is 15.2. The van der Waals surface area contributed by atoms with Crippen LogP contribution in [0.4, 0.5) is 5.13 Å². The number of nitrogens with two attached hydrogens (primary N) is 1. The third-order valence-corrected chi connectivity index (χ3v) is 6.02. The number of rotatable bonds is 8. The van der Waals surface area contributed by atoms with E-state index in [4.69, 9.17) is 5.73 Å². The van der Waals surface area contributed by atoms with Gasteiger partial charge in [0, 0.05) is 48.4 Å². The molecule has 9 heteroatoms. The topological polar surface area (TPSA) is 110 Å². The molecule has 0 unspecified atom stereocenters. The third-order valence-electron chi connectivity index (χ3n) is 5.09. The minimum atomic E-state index is -0.0687. The summed E-state index contributed by atoms with van der Waals surface area (Å²) in [6.07, 6.45) is 6.28. The molecule has 0 bridgehead atoms. The van der Waals surface area contributed by atoms with Crippen LogP contribution in [0.15, 0.2) is 67.3 Å². The minimum Gasteiger partial charge on any atom is -0.359 e. The normalized spacial score (nSPS) is 12.3. The lowest BCUT2D eigenvalue weighted by Gasteiger charge is -2.14. The van der Waals surface area contributed by atoms with Crippen LogP contribution in [0, 0.1) is 0 Å². The van der Waals surface area contributed by atoms with Crippen LogP contribution in [-0.4, -0.2) is 42.5 Å². The Morgan fingerprint density at radius 1 is 1.10 bits per heavy atom. The molecule has 0 aliphatic rings. The standard InChI is InChI=1S/C22H22N8S/c23-18(9-19-12-24-14-30(19)13-15-4-2-1-3-5-15)11-25-22-29-28-21(31-22)16-6-7-20-17(8-16)10-26-27-20/h1-8,10,12,14,18H,9,11,13,23H2,(H,25,29)(H,26,27)/t18-/m0/s1. The van der Waals surface area contributed by atoms with Gasteiger partial charge in [-0.15, -0.1) is 10.2 Å². The van der Waals surface area contributed by atoms with Gasteiger partial charge >= 0.3 is 0 Å². The highest BCUT2D eigenvalue weighted by Crippen LogP contribution is 2.28. The average Bonchev–Trinajstić information content (AvgIpc) is 3.54. The lowest BCUT2D eigenvalue weighted by molar-refractivity contribution is 0.645. The Hall–Kier alpha value is -3.56. The van der Waals surface area contributed by atoms with Crippen LogP contribution in [0.2, 0.25) is 0 Å². The molecular formula is C22H22N8S. The zero-order valence-corrected chi connectivity index (χ0v) is 17.6. The predicted molar refractivity (Wildman–Crippen MR) is 123 cm³/mol. The molecule has 4 N–H and O–H groups in total. The zero-order chi connectivity index (χ0) is 21.0. The summed E-state index contributed by atoms with van der Waals surface area (Å²) in [5, 5.41) is 21.6. The van der Waals surface area contributed by atoms with E-state index < -0.39 is 0 Å². The smallest absolute Gasteiger partial charge is 0.206 e. The maximum Gasteiger partial charge on any atom is 0.206 e. The van der Waals surface area contributed by atoms with E-state index in [0.717, 1.165) is 45.3 Å². The minimum absolute atomic E-state index is 0.0687. The van der Waals surface area contributed by atoms with Gasteiger partial charge in [-0.1, -0.05) is 41.7 Å². The van der Waals surface area contributed by atoms with Gasteiger partial charge in [0.2, 0.25) is 5.13 Å². The van der Waals surface area contributed by atoms with Crippen LogP contribution in [-0.2, 0) is 13.0 Å². The van der Waals surface area contributed by atoms with Crippen LogP contribution >= 0.6 is 11.3 Å². The van der Waals surface area contributed by atoms with Crippen LogP contribution < -0.4 is 11.1 Å². The molecule has 0 aliphatic carbocycles. The molecule has 3 heterocycles. The van der Waals surface area contributed by atoms with E-state index in [1.165, 1.54) is 16.9 Å². The SMILES string of the molecule is N[C@H](CNc1nnc(-c2ccc3[nH]ncc3c2)s1)Cc1cncn1Cc1ccccc1. The van der Waals surface area contributed by atoms with E-state index in [-0.39, 0.29) is 6.04 Å². The molecule has 0 aliphatic heterocycles. The molecular weight excluding hydrogens is 408 g/mol. The molecule has 8 nitrogen and oxygen atoms in total. The van der Waals surface area contributed by atoms with E-state index in [2.05, 4.69) is 53.5 Å². The van der Waals surface area contributed by atoms with E-state index >= 15 is 0 Å². The molecule has 5 aromatic rings. The van der Waals surface area contributed by atoms with Gasteiger partial charge in [0.25, 0.3) is 0 Å². The van der Waals surface area contributed by atoms with Crippen molar-refractivity contribution in [1.82, 2.24) is 29.9 Å². The highest BCUT2D eigenvalue weighted by molar-refractivity contribution is 7.18. The van der Waals surface area contributed by atoms with Gasteiger partial charge in [-0.3, -0.25) is 5.10 Å². The van der Waals surface area contributed by atoms with Crippen LogP contribution in [0.3, 0.4) is 0 Å². The number of hydrogen-bond donors (Lipinski definition) is 3. The predicted octanol–water partition coefficient (Wildman–Crippen LogP) is 3.31. The van der Waals surface area contributed by atoms with Crippen molar-refractivity contribution in [3.63, 3.8) is 0 Å². The van der Waals surface area contributed by atoms with E-state index in [1.807, 2.05) is 42.9 Å². The van der Waals surface area contributed by atoms with Crippen molar-refractivity contribution < 1.29 is 0 Å². The number of nitrogens with one attached hydrogen (secondary N) is 2. The first-order valence-electron chi connectivity index (χ1n) is 10.0. The molecule has 2 aromatic carbocycles. The maximum atomic E-state index is 6.39. The van der Waals surface area contributed by atoms with Crippen LogP contribution in [0.5, 0.6) is 0 Å². The van der Waals surface area contributed by atoms with Gasteiger partial charge in [0.15, 0.2) is 0 Å². The zero-order valence-electron chi connectivity index (χ0n) is 16.8. The van der Waals surface area contributed by atoms with Gasteiger partial charge in [-0.2, -0.15) is 5.10 Å². The van der Waals surface area contributed by atoms with Gasteiger partial charge in [0.05, 0.1) is 18.0 Å². The van der Waals surface area contributed by atoms with Gasteiger partial charge in [-0.05, 0) is 23.8 Å². The molecule has 31 heavy (non-hydrogen) atoms. The number of H-pyrrole nitrogens is 1. The summed E-state index contributed by atoms with van der Waals surface area (Å²) in [7, 11) is 0. The summed E-state index contributed by atoms with van der Waals surface area (Å²) >= 11 is 1.51. The number of anilines is 1. The number of benzene rings is 2. The lowest BCUT2D eigenvalue weighted by atomic mass is 10.1. The summed E-state index contributed by atoms with van der Waals surface area (Å²) in [4.78, 5) is 4.30. The Morgan fingerprint density at radius 3 is 2.90 bits per heavy atom. The summed E-state index contributed by atoms with van der Waals surface area (Å²) in [5.41, 5.74) is 10.8. The number of imidazole rings is 1. The molecule has 0 spiro atoms. The Morgan fingerprint density at radius 2 is 2.00 bits per heavy atom. The second kappa shape index (κ2) is 8.66. The Labute approximate surface area is 183 Å². The number of fused-ring (bicyclic) bond motifs is 1. The monoisotopic (exact) mass is 430 g/mol. The Balaban J connectivity index is 1.19. The van der Waals surface area contributed by atoms with Crippen LogP contribution in [0.1, 0.15) is 11.3 Å². The molecule has 1 atom stereocenters. The summed E-state index contributed by atoms with van der Waals surface area (Å²) in [5.74, 6) is 0. The molecule has 0 saturated heterocycles. The van der Waals surface area contributed by atoms with Gasteiger partial charge in [0.1, 0.15) is 5.01 Å². The maximum absolute atomic E-state index is 6.39. The summed E-state index contributed by atoms with van der Waals surface area (Å²) in [6.45, 7) is 1.39. The fraction of sp³-hybridized carbons (Fsp3) is 0.182. The number of aromatic amines is 1. The fourth-order valence-electron chi connectivity index (χ4n) is 3.49. The molecule has 0 amide bonds. The Bertz CT molecular complexity index is 1270. The van der Waals surface area contributed by atoms with E-state index in [1.54, 1.807) is 6.20 Å². The quantitative estimate of drug-likeness (QED) is 0.348. The second-order valence-corrected chi connectivity index (χ2v) is 8.41. The number of aromatic nitrogens is 6. The molecule has 0 fully saturated rings. The van der Waals surface area contributed by atoms with Crippen molar-refractivity contribution in [1.29, 1.82) is 0 Å². The van der Waals surface area contributed by atoms with Crippen molar-refractivity contribution in [2.24, 2.45) is 5.73 Å². The molecule has 5 rings (SSSR count). The van der Waals surface area contributed by atoms with Gasteiger partial charge in [-0.25, -0.2) is 4.98 Å². The molecule has 156 valence electrons. The molecule has 3 aromatic heterocycles. The van der Waals surface area contributed by atoms with Crippen molar-refractivity contribution in [3.05, 3.63) is 78.5 Å². The van der Waals surface area contributed by atoms with E-state index in [9.17, 15) is 0 Å². The molecule has 0 saturated carbocycles. The number of nitrogens with zero attached hydrogens (tertiary/aromatic N) is 5. The summed E-state index contributed by atoms with van der Waals surface area (Å²) in [6, 6.07) is 16.4. The van der Waals surface area contributed by atoms with Crippen molar-refractivity contribution >= 4 is 27.4 Å². The van der Waals surface area contributed by atoms with Crippen molar-refractivity contribution in [3.8, 4) is 10.6 Å². The first kappa shape index (κ1) is 19.4. The van der Waals surface area contributed by atoms with Gasteiger partial charge < -0.3 is 15.6 Å². The highest BCUT2D eigenvalue weighted by atomic mass is 32.1. The highest BCUT2D eigenvalue weighted by Gasteiger charge is 2.12. The first-order valence-corrected chi connectivity index (χ1v) is 10.9.